The van der Waals surface area contributed by atoms with E-state index in [0.29, 0.717) is 0 Å². The fourth-order valence-corrected chi connectivity index (χ4v) is 1.61. The topological polar surface area (TPSA) is 59.4 Å². The first-order valence-electron chi connectivity index (χ1n) is 5.74. The Morgan fingerprint density at radius 1 is 1.25 bits per heavy atom. The van der Waals surface area contributed by atoms with Gasteiger partial charge in [-0.15, -0.1) is 0 Å². The minimum atomic E-state index is -3.22. The molecule has 1 aromatic heterocycles. The van der Waals surface area contributed by atoms with Gasteiger partial charge in [0.15, 0.2) is 12.4 Å². The summed E-state index contributed by atoms with van der Waals surface area (Å²) in [6, 6.07) is 8.38. The molecular weight excluding hydrogens is 268 g/mol. The summed E-state index contributed by atoms with van der Waals surface area (Å²) < 4.78 is 32.7. The lowest BCUT2D eigenvalue weighted by atomic mass is 10.1. The number of rotatable bonds is 5. The molecule has 0 unspecified atom stereocenters. The number of aromatic carboxylic acids is 1. The molecule has 0 atom stereocenters. The maximum Gasteiger partial charge on any atom is 0.339 e. The maximum atomic E-state index is 13.9. The molecule has 0 saturated heterocycles. The summed E-state index contributed by atoms with van der Waals surface area (Å²) in [5.74, 6) is -4.66. The summed E-state index contributed by atoms with van der Waals surface area (Å²) in [6.45, 7) is -0.955. The van der Waals surface area contributed by atoms with Crippen molar-refractivity contribution in [2.45, 2.75) is 5.92 Å². The van der Waals surface area contributed by atoms with Gasteiger partial charge in [0.1, 0.15) is 5.56 Å². The number of nitrogens with zero attached hydrogens (tertiary/aromatic N) is 1. The number of carbonyl (C=O) groups is 1. The third-order valence-electron chi connectivity index (χ3n) is 2.62. The van der Waals surface area contributed by atoms with Crippen LogP contribution in [0.25, 0.3) is 0 Å². The summed E-state index contributed by atoms with van der Waals surface area (Å²) in [5, 5.41) is 8.92. The second-order valence-electron chi connectivity index (χ2n) is 4.04. The number of hydrogen-bond donors (Lipinski definition) is 1. The van der Waals surface area contributed by atoms with E-state index in [9.17, 15) is 13.6 Å². The van der Waals surface area contributed by atoms with Crippen LogP contribution in [0.1, 0.15) is 15.9 Å². The summed E-state index contributed by atoms with van der Waals surface area (Å²) in [7, 11) is 0. The molecule has 0 radical (unpaired) electrons. The van der Waals surface area contributed by atoms with Gasteiger partial charge in [-0.2, -0.15) is 8.78 Å². The molecule has 0 spiro atoms. The molecule has 0 aliphatic heterocycles. The van der Waals surface area contributed by atoms with Crippen LogP contribution in [0.5, 0.6) is 5.75 Å². The second-order valence-corrected chi connectivity index (χ2v) is 4.04. The van der Waals surface area contributed by atoms with Crippen LogP contribution < -0.4 is 4.74 Å². The zero-order valence-electron chi connectivity index (χ0n) is 10.3. The number of pyridine rings is 1. The number of benzene rings is 1. The predicted molar refractivity (Wildman–Crippen MR) is 67.0 cm³/mol. The highest BCUT2D eigenvalue weighted by molar-refractivity contribution is 5.90. The number of aromatic nitrogens is 1. The van der Waals surface area contributed by atoms with Crippen LogP contribution >= 0.6 is 0 Å². The minimum Gasteiger partial charge on any atom is -0.484 e. The Morgan fingerprint density at radius 3 is 2.60 bits per heavy atom. The van der Waals surface area contributed by atoms with E-state index in [2.05, 4.69) is 4.98 Å². The largest absolute Gasteiger partial charge is 0.484 e. The van der Waals surface area contributed by atoms with Crippen LogP contribution in [-0.2, 0) is 5.92 Å². The number of alkyl halides is 2. The summed E-state index contributed by atoms with van der Waals surface area (Å²) in [5.41, 5.74) is -0.398. The Hall–Kier alpha value is -2.50. The monoisotopic (exact) mass is 279 g/mol. The molecule has 104 valence electrons. The number of halogens is 2. The standard InChI is InChI=1S/C14H11F2NO3/c15-14(16,10-4-2-1-3-5-10)9-20-12-8-17-7-6-11(12)13(18)19/h1-8H,9H2,(H,18,19). The molecule has 0 saturated carbocycles. The van der Waals surface area contributed by atoms with Gasteiger partial charge in [-0.1, -0.05) is 30.3 Å². The van der Waals surface area contributed by atoms with Gasteiger partial charge in [-0.05, 0) is 6.07 Å². The number of carboxylic acids is 1. The van der Waals surface area contributed by atoms with E-state index in [1.807, 2.05) is 0 Å². The molecule has 0 aliphatic carbocycles. The van der Waals surface area contributed by atoms with E-state index in [1.54, 1.807) is 6.07 Å². The SMILES string of the molecule is O=C(O)c1ccncc1OCC(F)(F)c1ccccc1. The van der Waals surface area contributed by atoms with Gasteiger partial charge in [0.2, 0.25) is 0 Å². The lowest BCUT2D eigenvalue weighted by Crippen LogP contribution is -2.23. The molecule has 6 heteroatoms. The van der Waals surface area contributed by atoms with Gasteiger partial charge in [0.05, 0.1) is 6.20 Å². The first-order chi connectivity index (χ1) is 9.50. The zero-order valence-corrected chi connectivity index (χ0v) is 10.3. The maximum absolute atomic E-state index is 13.9. The fraction of sp³-hybridized carbons (Fsp3) is 0.143. The predicted octanol–water partition coefficient (Wildman–Crippen LogP) is 2.95. The first kappa shape index (κ1) is 13.9. The molecular formula is C14H11F2NO3. The van der Waals surface area contributed by atoms with Gasteiger partial charge in [-0.25, -0.2) is 4.79 Å². The van der Waals surface area contributed by atoms with E-state index < -0.39 is 18.5 Å². The van der Waals surface area contributed by atoms with Crippen LogP contribution in [0.4, 0.5) is 8.78 Å². The van der Waals surface area contributed by atoms with Gasteiger partial charge < -0.3 is 9.84 Å². The van der Waals surface area contributed by atoms with Crippen molar-refractivity contribution < 1.29 is 23.4 Å². The molecule has 20 heavy (non-hydrogen) atoms. The van der Waals surface area contributed by atoms with E-state index in [4.69, 9.17) is 9.84 Å². The minimum absolute atomic E-state index is 0.185. The lowest BCUT2D eigenvalue weighted by Gasteiger charge is -2.18. The van der Waals surface area contributed by atoms with E-state index >= 15 is 0 Å². The molecule has 2 rings (SSSR count). The van der Waals surface area contributed by atoms with E-state index in [-0.39, 0.29) is 16.9 Å². The Bertz CT molecular complexity index is 602. The summed E-state index contributed by atoms with van der Waals surface area (Å²) in [6.07, 6.45) is 2.36. The Kier molecular flexibility index (Phi) is 3.93. The highest BCUT2D eigenvalue weighted by Crippen LogP contribution is 2.29. The van der Waals surface area contributed by atoms with E-state index in [1.165, 1.54) is 36.5 Å². The van der Waals surface area contributed by atoms with Crippen molar-refractivity contribution in [3.8, 4) is 5.75 Å². The van der Waals surface area contributed by atoms with Gasteiger partial charge in [0.25, 0.3) is 0 Å². The van der Waals surface area contributed by atoms with Gasteiger partial charge >= 0.3 is 11.9 Å². The molecule has 1 aromatic carbocycles. The van der Waals surface area contributed by atoms with Crippen molar-refractivity contribution in [2.24, 2.45) is 0 Å². The third kappa shape index (κ3) is 3.09. The number of ether oxygens (including phenoxy) is 1. The lowest BCUT2D eigenvalue weighted by molar-refractivity contribution is -0.0470. The van der Waals surface area contributed by atoms with Crippen LogP contribution in [0.2, 0.25) is 0 Å². The molecule has 0 aliphatic rings. The normalized spacial score (nSPS) is 11.1. The third-order valence-corrected chi connectivity index (χ3v) is 2.62. The van der Waals surface area contributed by atoms with Crippen molar-refractivity contribution >= 4 is 5.97 Å². The average Bonchev–Trinajstić information content (AvgIpc) is 2.46. The molecule has 0 fully saturated rings. The van der Waals surface area contributed by atoms with Gasteiger partial charge in [0, 0.05) is 11.8 Å². The van der Waals surface area contributed by atoms with E-state index in [0.717, 1.165) is 6.20 Å². The van der Waals surface area contributed by atoms with Crippen LogP contribution in [0.3, 0.4) is 0 Å². The second kappa shape index (κ2) is 5.64. The van der Waals surface area contributed by atoms with Crippen molar-refractivity contribution in [3.05, 3.63) is 59.9 Å². The quantitative estimate of drug-likeness (QED) is 0.914. The van der Waals surface area contributed by atoms with Crippen LogP contribution in [0, 0.1) is 0 Å². The Morgan fingerprint density at radius 2 is 1.95 bits per heavy atom. The summed E-state index contributed by atoms with van der Waals surface area (Å²) in [4.78, 5) is 14.6. The van der Waals surface area contributed by atoms with Gasteiger partial charge in [-0.3, -0.25) is 4.98 Å². The zero-order chi connectivity index (χ0) is 14.6. The fourth-order valence-electron chi connectivity index (χ4n) is 1.61. The summed E-state index contributed by atoms with van der Waals surface area (Å²) >= 11 is 0. The van der Waals surface area contributed by atoms with Crippen molar-refractivity contribution in [1.29, 1.82) is 0 Å². The Labute approximate surface area is 113 Å². The molecule has 2 aromatic rings. The highest BCUT2D eigenvalue weighted by atomic mass is 19.3. The van der Waals surface area contributed by atoms with Crippen LogP contribution in [0.15, 0.2) is 48.8 Å². The molecule has 1 heterocycles. The van der Waals surface area contributed by atoms with Crippen molar-refractivity contribution in [1.82, 2.24) is 4.98 Å². The van der Waals surface area contributed by atoms with Crippen molar-refractivity contribution in [2.75, 3.05) is 6.61 Å². The van der Waals surface area contributed by atoms with Crippen molar-refractivity contribution in [3.63, 3.8) is 0 Å². The molecule has 4 nitrogen and oxygen atoms in total. The molecule has 0 bridgehead atoms. The highest BCUT2D eigenvalue weighted by Gasteiger charge is 2.33. The van der Waals surface area contributed by atoms with Crippen LogP contribution in [-0.4, -0.2) is 22.7 Å². The number of carboxylic acid groups (broad SMARTS) is 1. The Balaban J connectivity index is 2.15. The smallest absolute Gasteiger partial charge is 0.339 e. The number of hydrogen-bond acceptors (Lipinski definition) is 3. The first-order valence-corrected chi connectivity index (χ1v) is 5.74. The molecule has 1 N–H and O–H groups in total. The molecule has 0 amide bonds. The average molecular weight is 279 g/mol.